The van der Waals surface area contributed by atoms with Gasteiger partial charge >= 0.3 is 0 Å². The quantitative estimate of drug-likeness (QED) is 0.337. The Balaban J connectivity index is 2.06. The molecule has 4 aromatic carbocycles. The third-order valence-electron chi connectivity index (χ3n) is 4.98. The summed E-state index contributed by atoms with van der Waals surface area (Å²) >= 11 is 0. The maximum atomic E-state index is 9.85. The van der Waals surface area contributed by atoms with Crippen LogP contribution in [0.3, 0.4) is 0 Å². The Bertz CT molecular complexity index is 1030. The number of fused-ring (bicyclic) bond motifs is 4. The second kappa shape index (κ2) is 5.27. The molecule has 23 heavy (non-hydrogen) atoms. The van der Waals surface area contributed by atoms with Crippen LogP contribution >= 0.6 is 0 Å². The zero-order valence-corrected chi connectivity index (χ0v) is 13.5. The lowest BCUT2D eigenvalue weighted by atomic mass is 9.93. The molecule has 0 saturated carbocycles. The molecule has 1 heteroatoms. The monoisotopic (exact) mass is 300 g/mol. The van der Waals surface area contributed by atoms with E-state index in [1.54, 1.807) is 6.07 Å². The van der Waals surface area contributed by atoms with Crippen LogP contribution < -0.4 is 0 Å². The molecule has 0 saturated heterocycles. The van der Waals surface area contributed by atoms with E-state index >= 15 is 0 Å². The molecule has 0 aliphatic carbocycles. The van der Waals surface area contributed by atoms with Gasteiger partial charge in [-0.25, -0.2) is 0 Å². The summed E-state index contributed by atoms with van der Waals surface area (Å²) in [6.07, 6.45) is 1.15. The number of rotatable bonds is 2. The first kappa shape index (κ1) is 14.1. The average molecular weight is 300 g/mol. The van der Waals surface area contributed by atoms with Crippen LogP contribution in [0, 0.1) is 0 Å². The lowest BCUT2D eigenvalue weighted by Gasteiger charge is -2.11. The zero-order valence-electron chi connectivity index (χ0n) is 13.5. The van der Waals surface area contributed by atoms with E-state index in [0.29, 0.717) is 11.7 Å². The van der Waals surface area contributed by atoms with E-state index < -0.39 is 0 Å². The van der Waals surface area contributed by atoms with Crippen LogP contribution in [0.5, 0.6) is 5.75 Å². The summed E-state index contributed by atoms with van der Waals surface area (Å²) in [5.41, 5.74) is 1.39. The van der Waals surface area contributed by atoms with Crippen molar-refractivity contribution in [2.45, 2.75) is 26.2 Å². The summed E-state index contributed by atoms with van der Waals surface area (Å²) in [5, 5.41) is 17.1. The highest BCUT2D eigenvalue weighted by atomic mass is 16.3. The van der Waals surface area contributed by atoms with Crippen LogP contribution in [0.4, 0.5) is 0 Å². The van der Waals surface area contributed by atoms with Crippen molar-refractivity contribution in [3.8, 4) is 5.75 Å². The fraction of sp³-hybridized carbons (Fsp3) is 0.182. The molecule has 0 aromatic heterocycles. The molecular formula is C22H20O. The first-order valence-electron chi connectivity index (χ1n) is 8.25. The van der Waals surface area contributed by atoms with Crippen LogP contribution in [0.15, 0.2) is 60.7 Å². The normalized spacial score (nSPS) is 13.0. The van der Waals surface area contributed by atoms with Crippen LogP contribution in [0.1, 0.15) is 31.7 Å². The van der Waals surface area contributed by atoms with Gasteiger partial charge < -0.3 is 5.11 Å². The minimum atomic E-state index is 0.318. The summed E-state index contributed by atoms with van der Waals surface area (Å²) in [6, 6.07) is 21.2. The molecule has 0 radical (unpaired) electrons. The van der Waals surface area contributed by atoms with Crippen molar-refractivity contribution in [3.05, 3.63) is 66.2 Å². The van der Waals surface area contributed by atoms with E-state index in [-0.39, 0.29) is 0 Å². The van der Waals surface area contributed by atoms with Crippen molar-refractivity contribution in [2.75, 3.05) is 0 Å². The third-order valence-corrected chi connectivity index (χ3v) is 4.98. The second-order valence-corrected chi connectivity index (χ2v) is 6.46. The van der Waals surface area contributed by atoms with Gasteiger partial charge in [0.2, 0.25) is 0 Å². The van der Waals surface area contributed by atoms with E-state index in [1.165, 1.54) is 27.1 Å². The predicted molar refractivity (Wildman–Crippen MR) is 99.3 cm³/mol. The second-order valence-electron chi connectivity index (χ2n) is 6.46. The third kappa shape index (κ3) is 2.33. The fourth-order valence-electron chi connectivity index (χ4n) is 3.35. The molecule has 4 rings (SSSR count). The van der Waals surface area contributed by atoms with Gasteiger partial charge in [-0.15, -0.1) is 0 Å². The summed E-state index contributed by atoms with van der Waals surface area (Å²) in [7, 11) is 0. The Morgan fingerprint density at radius 2 is 1.43 bits per heavy atom. The van der Waals surface area contributed by atoms with Crippen LogP contribution in [0.25, 0.3) is 32.3 Å². The largest absolute Gasteiger partial charge is 0.508 e. The van der Waals surface area contributed by atoms with E-state index in [4.69, 9.17) is 0 Å². The van der Waals surface area contributed by atoms with Gasteiger partial charge in [0.1, 0.15) is 5.75 Å². The Labute approximate surface area is 136 Å². The van der Waals surface area contributed by atoms with E-state index in [2.05, 4.69) is 56.3 Å². The molecule has 1 unspecified atom stereocenters. The number of benzene rings is 4. The average Bonchev–Trinajstić information content (AvgIpc) is 2.58. The molecule has 0 bridgehead atoms. The molecule has 0 fully saturated rings. The van der Waals surface area contributed by atoms with E-state index in [9.17, 15) is 5.11 Å². The molecule has 0 heterocycles. The highest BCUT2D eigenvalue weighted by Crippen LogP contribution is 2.32. The molecule has 114 valence electrons. The highest BCUT2D eigenvalue weighted by Gasteiger charge is 2.07. The van der Waals surface area contributed by atoms with Crippen molar-refractivity contribution in [3.63, 3.8) is 0 Å². The number of phenolic OH excluding ortho intramolecular Hbond substituents is 1. The Hall–Kier alpha value is -2.54. The van der Waals surface area contributed by atoms with E-state index in [0.717, 1.165) is 17.2 Å². The maximum absolute atomic E-state index is 9.85. The molecular weight excluding hydrogens is 280 g/mol. The van der Waals surface area contributed by atoms with Crippen molar-refractivity contribution in [1.29, 1.82) is 0 Å². The number of aromatic hydroxyl groups is 1. The lowest BCUT2D eigenvalue weighted by Crippen LogP contribution is -1.91. The van der Waals surface area contributed by atoms with Gasteiger partial charge in [-0.1, -0.05) is 50.2 Å². The molecule has 0 spiro atoms. The first-order chi connectivity index (χ1) is 11.2. The summed E-state index contributed by atoms with van der Waals surface area (Å²) < 4.78 is 0. The number of hydrogen-bond acceptors (Lipinski definition) is 1. The minimum absolute atomic E-state index is 0.318. The van der Waals surface area contributed by atoms with Crippen molar-refractivity contribution in [1.82, 2.24) is 0 Å². The zero-order chi connectivity index (χ0) is 16.0. The van der Waals surface area contributed by atoms with Gasteiger partial charge in [-0.3, -0.25) is 0 Å². The smallest absolute Gasteiger partial charge is 0.116 e. The van der Waals surface area contributed by atoms with Crippen LogP contribution in [-0.2, 0) is 0 Å². The number of phenols is 1. The molecule has 0 aliphatic heterocycles. The first-order valence-corrected chi connectivity index (χ1v) is 8.25. The van der Waals surface area contributed by atoms with Gasteiger partial charge in [0.05, 0.1) is 0 Å². The maximum Gasteiger partial charge on any atom is 0.116 e. The predicted octanol–water partition coefficient (Wildman–Crippen LogP) is 6.37. The van der Waals surface area contributed by atoms with Gasteiger partial charge in [-0.2, -0.15) is 0 Å². The van der Waals surface area contributed by atoms with Gasteiger partial charge in [0.25, 0.3) is 0 Å². The van der Waals surface area contributed by atoms with Crippen LogP contribution in [0.2, 0.25) is 0 Å². The topological polar surface area (TPSA) is 20.2 Å². The molecule has 4 aromatic rings. The van der Waals surface area contributed by atoms with Gasteiger partial charge in [0.15, 0.2) is 0 Å². The summed E-state index contributed by atoms with van der Waals surface area (Å²) in [5.74, 6) is 0.894. The molecule has 0 aliphatic rings. The SMILES string of the molecule is CCC(C)c1ccc2cc3ccc4ccc(O)cc4c3cc2c1. The Morgan fingerprint density at radius 1 is 0.739 bits per heavy atom. The standard InChI is InChI=1S/C22H20O/c1-3-14(2)16-5-6-17-11-18-7-4-15-8-9-20(23)13-22(15)21(18)12-19(17)10-16/h4-14,23H,3H2,1-2H3. The molecule has 1 N–H and O–H groups in total. The number of hydrogen-bond donors (Lipinski definition) is 1. The minimum Gasteiger partial charge on any atom is -0.508 e. The molecule has 1 nitrogen and oxygen atoms in total. The lowest BCUT2D eigenvalue weighted by molar-refractivity contribution is 0.476. The Morgan fingerprint density at radius 3 is 2.26 bits per heavy atom. The Kier molecular flexibility index (Phi) is 3.23. The van der Waals surface area contributed by atoms with Crippen LogP contribution in [-0.4, -0.2) is 5.11 Å². The van der Waals surface area contributed by atoms with Gasteiger partial charge in [0, 0.05) is 0 Å². The fourth-order valence-corrected chi connectivity index (χ4v) is 3.35. The van der Waals surface area contributed by atoms with Gasteiger partial charge in [-0.05, 0) is 74.5 Å². The summed E-state index contributed by atoms with van der Waals surface area (Å²) in [4.78, 5) is 0. The van der Waals surface area contributed by atoms with Crippen molar-refractivity contribution < 1.29 is 5.11 Å². The summed E-state index contributed by atoms with van der Waals surface area (Å²) in [6.45, 7) is 4.50. The van der Waals surface area contributed by atoms with Crippen molar-refractivity contribution in [2.24, 2.45) is 0 Å². The molecule has 0 amide bonds. The molecule has 1 atom stereocenters. The highest BCUT2D eigenvalue weighted by molar-refractivity contribution is 6.12. The van der Waals surface area contributed by atoms with Crippen molar-refractivity contribution >= 4 is 32.3 Å². The van der Waals surface area contributed by atoms with E-state index in [1.807, 2.05) is 12.1 Å².